The lowest BCUT2D eigenvalue weighted by Crippen LogP contribution is -2.87. The van der Waals surface area contributed by atoms with E-state index >= 15 is 0 Å². The third-order valence-electron chi connectivity index (χ3n) is 5.20. The molecule has 146 valence electrons. The number of ketones is 2. The Hall–Kier alpha value is -2.50. The zero-order chi connectivity index (χ0) is 20.3. The van der Waals surface area contributed by atoms with E-state index in [1.54, 1.807) is 11.3 Å². The molecule has 28 heavy (non-hydrogen) atoms. The van der Waals surface area contributed by atoms with Gasteiger partial charge in [-0.1, -0.05) is 37.3 Å². The van der Waals surface area contributed by atoms with Crippen LogP contribution < -0.4 is 5.32 Å². The molecule has 2 heterocycles. The van der Waals surface area contributed by atoms with E-state index in [2.05, 4.69) is 52.9 Å². The second-order valence-corrected chi connectivity index (χ2v) is 8.11. The number of Topliss-reactive ketones (excluding diaryl/α,β-unsaturated/α-hetero) is 2. The van der Waals surface area contributed by atoms with E-state index in [1.165, 1.54) is 22.9 Å². The van der Waals surface area contributed by atoms with Gasteiger partial charge in [-0.05, 0) is 49.8 Å². The lowest BCUT2D eigenvalue weighted by Gasteiger charge is -2.15. The largest absolute Gasteiger partial charge is 0.355 e. The van der Waals surface area contributed by atoms with Gasteiger partial charge in [-0.15, -0.1) is 11.3 Å². The first kappa shape index (κ1) is 20.2. The van der Waals surface area contributed by atoms with Gasteiger partial charge in [0.15, 0.2) is 5.78 Å². The van der Waals surface area contributed by atoms with Crippen molar-refractivity contribution in [2.45, 2.75) is 40.2 Å². The fourth-order valence-corrected chi connectivity index (χ4v) is 4.58. The SMILES string of the molecule is CCc1ccc([C@H]([NH2+]CC(=O)c2[nH]c(C)c(C(C)=O)c2C)c2cccs2)cc1. The van der Waals surface area contributed by atoms with Crippen LogP contribution in [0.15, 0.2) is 41.8 Å². The molecule has 0 saturated heterocycles. The first-order chi connectivity index (χ1) is 13.4. The molecule has 2 aromatic heterocycles. The standard InChI is InChI=1S/C23H26N2O2S/c1-5-17-8-10-18(11-9-17)23(20-7-6-12-28-20)24-13-19(27)22-14(2)21(16(4)26)15(3)25-22/h6-12,23-25H,5,13H2,1-4H3/p+1/t23-/m0/s1. The maximum Gasteiger partial charge on any atom is 0.233 e. The predicted octanol–water partition coefficient (Wildman–Crippen LogP) is 3.99. The number of nitrogens with two attached hydrogens (primary N) is 1. The number of quaternary nitrogens is 1. The van der Waals surface area contributed by atoms with E-state index in [-0.39, 0.29) is 17.6 Å². The highest BCUT2D eigenvalue weighted by Crippen LogP contribution is 2.23. The van der Waals surface area contributed by atoms with Gasteiger partial charge in [-0.25, -0.2) is 0 Å². The zero-order valence-corrected chi connectivity index (χ0v) is 17.7. The normalized spacial score (nSPS) is 12.1. The predicted molar refractivity (Wildman–Crippen MR) is 113 cm³/mol. The molecule has 3 aromatic rings. The monoisotopic (exact) mass is 395 g/mol. The molecule has 4 nitrogen and oxygen atoms in total. The second-order valence-electron chi connectivity index (χ2n) is 7.13. The van der Waals surface area contributed by atoms with Crippen molar-refractivity contribution in [1.29, 1.82) is 0 Å². The van der Waals surface area contributed by atoms with Crippen LogP contribution in [0.2, 0.25) is 0 Å². The van der Waals surface area contributed by atoms with E-state index in [0.29, 0.717) is 17.8 Å². The van der Waals surface area contributed by atoms with E-state index in [0.717, 1.165) is 17.7 Å². The summed E-state index contributed by atoms with van der Waals surface area (Å²) in [7, 11) is 0. The van der Waals surface area contributed by atoms with Crippen LogP contribution in [-0.2, 0) is 6.42 Å². The maximum atomic E-state index is 12.9. The molecule has 5 heteroatoms. The van der Waals surface area contributed by atoms with E-state index in [4.69, 9.17) is 0 Å². The molecule has 0 aliphatic carbocycles. The number of hydrogen-bond donors (Lipinski definition) is 2. The number of hydrogen-bond acceptors (Lipinski definition) is 3. The topological polar surface area (TPSA) is 66.5 Å². The minimum Gasteiger partial charge on any atom is -0.355 e. The molecule has 1 aromatic carbocycles. The molecule has 3 rings (SSSR count). The number of aryl methyl sites for hydroxylation is 2. The number of carbonyl (C=O) groups excluding carboxylic acids is 2. The molecular formula is C23H27N2O2S+. The van der Waals surface area contributed by atoms with E-state index in [1.807, 2.05) is 19.9 Å². The fraction of sp³-hybridized carbons (Fsp3) is 0.304. The lowest BCUT2D eigenvalue weighted by atomic mass is 10.0. The van der Waals surface area contributed by atoms with Gasteiger partial charge in [0.05, 0.1) is 10.6 Å². The number of H-pyrrole nitrogens is 1. The van der Waals surface area contributed by atoms with Crippen molar-refractivity contribution in [2.75, 3.05) is 6.54 Å². The summed E-state index contributed by atoms with van der Waals surface area (Å²) in [5, 5.41) is 4.15. The Morgan fingerprint density at radius 1 is 1.14 bits per heavy atom. The van der Waals surface area contributed by atoms with Gasteiger partial charge in [0.1, 0.15) is 12.6 Å². The van der Waals surface area contributed by atoms with Crippen LogP contribution in [0.3, 0.4) is 0 Å². The molecule has 0 radical (unpaired) electrons. The molecule has 1 atom stereocenters. The molecule has 0 bridgehead atoms. The lowest BCUT2D eigenvalue weighted by molar-refractivity contribution is -0.675. The summed E-state index contributed by atoms with van der Waals surface area (Å²) in [6, 6.07) is 12.9. The number of nitrogens with one attached hydrogen (secondary N) is 1. The number of benzene rings is 1. The first-order valence-corrected chi connectivity index (χ1v) is 10.5. The molecular weight excluding hydrogens is 368 g/mol. The number of aromatic amines is 1. The van der Waals surface area contributed by atoms with Crippen molar-refractivity contribution >= 4 is 22.9 Å². The molecule has 0 unspecified atom stereocenters. The third-order valence-corrected chi connectivity index (χ3v) is 6.16. The molecule has 0 saturated carbocycles. The van der Waals surface area contributed by atoms with Gasteiger partial charge in [0, 0.05) is 16.8 Å². The Morgan fingerprint density at radius 2 is 1.86 bits per heavy atom. The molecule has 0 aliphatic heterocycles. The Bertz CT molecular complexity index is 969. The molecule has 0 spiro atoms. The van der Waals surface area contributed by atoms with E-state index < -0.39 is 0 Å². The van der Waals surface area contributed by atoms with Crippen molar-refractivity contribution < 1.29 is 14.9 Å². The summed E-state index contributed by atoms with van der Waals surface area (Å²) in [5.41, 5.74) is 5.19. The first-order valence-electron chi connectivity index (χ1n) is 9.61. The highest BCUT2D eigenvalue weighted by molar-refractivity contribution is 7.10. The highest BCUT2D eigenvalue weighted by Gasteiger charge is 2.24. The number of aromatic nitrogens is 1. The number of carbonyl (C=O) groups is 2. The second kappa shape index (κ2) is 8.67. The van der Waals surface area contributed by atoms with Crippen molar-refractivity contribution in [3.63, 3.8) is 0 Å². The van der Waals surface area contributed by atoms with Crippen molar-refractivity contribution in [2.24, 2.45) is 0 Å². The summed E-state index contributed by atoms with van der Waals surface area (Å²) in [6.07, 6.45) is 1.01. The van der Waals surface area contributed by atoms with Gasteiger partial charge in [0.25, 0.3) is 0 Å². The summed E-state index contributed by atoms with van der Waals surface area (Å²) in [4.78, 5) is 29.1. The van der Waals surface area contributed by atoms with Crippen molar-refractivity contribution in [3.8, 4) is 0 Å². The smallest absolute Gasteiger partial charge is 0.233 e. The van der Waals surface area contributed by atoms with Crippen LogP contribution in [0.5, 0.6) is 0 Å². The van der Waals surface area contributed by atoms with E-state index in [9.17, 15) is 9.59 Å². The maximum absolute atomic E-state index is 12.9. The highest BCUT2D eigenvalue weighted by atomic mass is 32.1. The van der Waals surface area contributed by atoms with Crippen LogP contribution >= 0.6 is 11.3 Å². The average molecular weight is 396 g/mol. The quantitative estimate of drug-likeness (QED) is 0.566. The minimum absolute atomic E-state index is 0.0123. The molecule has 0 aliphatic rings. The summed E-state index contributed by atoms with van der Waals surface area (Å²) < 4.78 is 0. The Morgan fingerprint density at radius 3 is 2.39 bits per heavy atom. The van der Waals surface area contributed by atoms with Crippen LogP contribution in [-0.4, -0.2) is 23.1 Å². The summed E-state index contributed by atoms with van der Waals surface area (Å²) >= 11 is 1.70. The number of thiophene rings is 1. The Balaban J connectivity index is 1.81. The van der Waals surface area contributed by atoms with Crippen LogP contribution in [0.25, 0.3) is 0 Å². The average Bonchev–Trinajstić information content (AvgIpc) is 3.30. The van der Waals surface area contributed by atoms with Gasteiger partial charge < -0.3 is 10.3 Å². The van der Waals surface area contributed by atoms with Gasteiger partial charge in [0.2, 0.25) is 5.78 Å². The van der Waals surface area contributed by atoms with Gasteiger partial charge in [-0.2, -0.15) is 0 Å². The van der Waals surface area contributed by atoms with Crippen molar-refractivity contribution in [1.82, 2.24) is 4.98 Å². The van der Waals surface area contributed by atoms with Crippen LogP contribution in [0, 0.1) is 13.8 Å². The number of rotatable bonds is 8. The Kier molecular flexibility index (Phi) is 6.27. The Labute approximate surface area is 170 Å². The fourth-order valence-electron chi connectivity index (χ4n) is 3.73. The van der Waals surface area contributed by atoms with Crippen LogP contribution in [0.1, 0.15) is 68.0 Å². The summed E-state index contributed by atoms with van der Waals surface area (Å²) in [5.74, 6) is 0.00147. The van der Waals surface area contributed by atoms with Gasteiger partial charge in [-0.3, -0.25) is 9.59 Å². The summed E-state index contributed by atoms with van der Waals surface area (Å²) in [6.45, 7) is 7.68. The minimum atomic E-state index is -0.0123. The zero-order valence-electron chi connectivity index (χ0n) is 16.8. The molecule has 0 fully saturated rings. The van der Waals surface area contributed by atoms with Crippen molar-refractivity contribution in [3.05, 3.63) is 80.3 Å². The third kappa shape index (κ3) is 4.16. The van der Waals surface area contributed by atoms with Gasteiger partial charge >= 0.3 is 0 Å². The molecule has 3 N–H and O–H groups in total. The molecule has 0 amide bonds. The van der Waals surface area contributed by atoms with Crippen LogP contribution in [0.4, 0.5) is 0 Å².